The fourth-order valence-corrected chi connectivity index (χ4v) is 13.7. The van der Waals surface area contributed by atoms with E-state index in [-0.39, 0.29) is 29.6 Å². The number of aromatic nitrogens is 3. The van der Waals surface area contributed by atoms with Crippen LogP contribution in [0.5, 0.6) is 17.2 Å². The van der Waals surface area contributed by atoms with Crippen LogP contribution >= 0.6 is 0 Å². The summed E-state index contributed by atoms with van der Waals surface area (Å²) in [4.78, 5) is 54.5. The quantitative estimate of drug-likeness (QED) is 0.0312. The second kappa shape index (κ2) is 56.2. The van der Waals surface area contributed by atoms with Crippen molar-refractivity contribution in [2.24, 2.45) is 22.9 Å². The molecule has 1 heterocycles. The number of carboxylic acids is 5. The Labute approximate surface area is 757 Å². The molecule has 0 amide bonds. The molecule has 19 nitrogen and oxygen atoms in total. The van der Waals surface area contributed by atoms with Gasteiger partial charge in [-0.1, -0.05) is 325 Å². The van der Waals surface area contributed by atoms with Crippen molar-refractivity contribution in [1.82, 2.24) is 15.4 Å². The number of carbonyl (C=O) groups is 5. The molecule has 20 heteroatoms. The van der Waals surface area contributed by atoms with Crippen LogP contribution in [0.4, 0.5) is 0 Å². The van der Waals surface area contributed by atoms with E-state index in [4.69, 9.17) is 35.4 Å². The number of aryl methyl sites for hydroxylation is 6. The van der Waals surface area contributed by atoms with E-state index < -0.39 is 40.2 Å². The minimum absolute atomic E-state index is 0.201. The van der Waals surface area contributed by atoms with Crippen LogP contribution in [0.3, 0.4) is 0 Å². The molecule has 9 N–H and O–H groups in total. The minimum Gasteiger partial charge on any atom is -0.508 e. The minimum atomic E-state index is -3.94. The van der Waals surface area contributed by atoms with E-state index in [0.717, 1.165) is 91.2 Å². The summed E-state index contributed by atoms with van der Waals surface area (Å²) in [7, 11) is -2.41. The maximum atomic E-state index is 10.9. The normalized spacial score (nSPS) is 10.6. The van der Waals surface area contributed by atoms with E-state index in [0.29, 0.717) is 68.7 Å². The van der Waals surface area contributed by atoms with Crippen LogP contribution in [0.25, 0.3) is 11.3 Å². The van der Waals surface area contributed by atoms with Gasteiger partial charge in [0.15, 0.2) is 0 Å². The van der Waals surface area contributed by atoms with Crippen LogP contribution in [0.1, 0.15) is 321 Å². The topological polar surface area (TPSA) is 327 Å². The van der Waals surface area contributed by atoms with Crippen molar-refractivity contribution in [2.45, 2.75) is 241 Å². The van der Waals surface area contributed by atoms with Crippen molar-refractivity contribution in [3.8, 4) is 28.5 Å². The molecule has 0 atom stereocenters. The highest BCUT2D eigenvalue weighted by Gasteiger charge is 2.19. The van der Waals surface area contributed by atoms with Gasteiger partial charge in [0, 0.05) is 5.56 Å². The smallest absolute Gasteiger partial charge is 0.380 e. The molecule has 1 aromatic heterocycles. The van der Waals surface area contributed by atoms with Crippen LogP contribution < -0.4 is 14.1 Å². The zero-order chi connectivity index (χ0) is 96.3. The predicted molar refractivity (Wildman–Crippen MR) is 519 cm³/mol. The fraction of sp³-hybridized carbons (Fsp3) is 0.374. The number of aromatic amines is 1. The molecule has 10 aromatic carbocycles. The lowest BCUT2D eigenvalue weighted by Crippen LogP contribution is -2.19. The molecule has 0 spiro atoms. The SMILES string of the molecule is CC(C)Cc1ccccc1O.CC(C)Cc1ccccc1OS(N)(=O)=O.CC(C)c1ccccc1-c1cn[nH]n1.COc1ccc(C(C)C)c(C(=O)O)c1.Cc1ccc(C(C)C)c(C(=O)O)c1.Cc1ccc(C(C)C)c(C(=O)O)c1.Cc1ccc(C(C)C)c(C(=O)O)c1.Cc1ccc(C(C)C)c(C(=O)O)c1.Cc1ccccc1C(C)C.Cc1ccccc1CC(C)C. The zero-order valence-corrected chi connectivity index (χ0v) is 80.7. The molecule has 0 saturated carbocycles. The first-order chi connectivity index (χ1) is 59.4. The van der Waals surface area contributed by atoms with Gasteiger partial charge in [0.2, 0.25) is 0 Å². The van der Waals surface area contributed by atoms with Crippen LogP contribution in [-0.4, -0.2) is 91.4 Å². The monoisotopic (exact) mass is 1760 g/mol. The lowest BCUT2D eigenvalue weighted by Gasteiger charge is -2.10. The number of para-hydroxylation sites is 2. The number of methoxy groups -OCH3 is 1. The summed E-state index contributed by atoms with van der Waals surface area (Å²) in [5, 5.41) is 69.5. The number of phenolic OH excluding ortho intramolecular Hbond substituents is 1. The Balaban J connectivity index is 0.000000479. The van der Waals surface area contributed by atoms with E-state index in [1.54, 1.807) is 66.9 Å². The summed E-state index contributed by atoms with van der Waals surface area (Å²) < 4.78 is 31.2. The Morgan fingerprint density at radius 2 is 0.654 bits per heavy atom. The number of aromatic hydroxyl groups is 1. The van der Waals surface area contributed by atoms with Gasteiger partial charge in [0.25, 0.3) is 0 Å². The maximum absolute atomic E-state index is 10.9. The molecule has 0 unspecified atom stereocenters. The zero-order valence-electron chi connectivity index (χ0n) is 79.9. The van der Waals surface area contributed by atoms with E-state index in [1.165, 1.54) is 41.3 Å². The molecule has 0 aliphatic heterocycles. The van der Waals surface area contributed by atoms with Crippen molar-refractivity contribution >= 4 is 40.2 Å². The number of hydrogen-bond donors (Lipinski definition) is 8. The lowest BCUT2D eigenvalue weighted by atomic mass is 9.96. The van der Waals surface area contributed by atoms with Gasteiger partial charge in [-0.15, -0.1) is 0 Å². The first kappa shape index (κ1) is 111. The Hall–Kier alpha value is -12.0. The third-order valence-corrected chi connectivity index (χ3v) is 20.2. The van der Waals surface area contributed by atoms with Crippen molar-refractivity contribution in [1.29, 1.82) is 0 Å². The highest BCUT2D eigenvalue weighted by molar-refractivity contribution is 7.84. The van der Waals surface area contributed by atoms with E-state index in [2.05, 4.69) is 156 Å². The number of H-pyrrole nitrogens is 1. The van der Waals surface area contributed by atoms with Gasteiger partial charge >= 0.3 is 40.2 Å². The summed E-state index contributed by atoms with van der Waals surface area (Å²) in [5.41, 5.74) is 21.5. The highest BCUT2D eigenvalue weighted by Crippen LogP contribution is 2.30. The lowest BCUT2D eigenvalue weighted by molar-refractivity contribution is 0.0684. The number of phenols is 1. The number of nitrogens with two attached hydrogens (primary N) is 1. The fourth-order valence-electron chi connectivity index (χ4n) is 13.3. The second-order valence-corrected chi connectivity index (χ2v) is 35.9. The van der Waals surface area contributed by atoms with Crippen LogP contribution in [0.15, 0.2) is 219 Å². The molecule has 0 fully saturated rings. The van der Waals surface area contributed by atoms with Gasteiger partial charge in [-0.3, -0.25) is 0 Å². The molecular formula is C107H142N4O15S. The average molecular weight is 1760 g/mol. The van der Waals surface area contributed by atoms with E-state index in [9.17, 15) is 37.5 Å². The molecule has 0 saturated heterocycles. The van der Waals surface area contributed by atoms with Crippen molar-refractivity contribution in [2.75, 3.05) is 7.11 Å². The summed E-state index contributed by atoms with van der Waals surface area (Å²) >= 11 is 0. The molecule has 0 radical (unpaired) electrons. The van der Waals surface area contributed by atoms with Crippen LogP contribution in [-0.2, 0) is 29.6 Å². The second-order valence-electron chi connectivity index (χ2n) is 34.8. The first-order valence-corrected chi connectivity index (χ1v) is 44.8. The summed E-state index contributed by atoms with van der Waals surface area (Å²) in [6.45, 7) is 53.6. The highest BCUT2D eigenvalue weighted by atomic mass is 32.2. The van der Waals surface area contributed by atoms with Crippen LogP contribution in [0.2, 0.25) is 0 Å². The molecule has 127 heavy (non-hydrogen) atoms. The van der Waals surface area contributed by atoms with Gasteiger partial charge < -0.3 is 39.6 Å². The van der Waals surface area contributed by atoms with Gasteiger partial charge in [0.1, 0.15) is 22.9 Å². The summed E-state index contributed by atoms with van der Waals surface area (Å²) in [6, 6.07) is 67.3. The maximum Gasteiger partial charge on any atom is 0.380 e. The molecule has 0 bridgehead atoms. The number of hydrogen-bond acceptors (Lipinski definition) is 12. The molecule has 686 valence electrons. The van der Waals surface area contributed by atoms with Crippen molar-refractivity contribution < 1.29 is 71.9 Å². The van der Waals surface area contributed by atoms with Gasteiger partial charge in [-0.05, 0) is 235 Å². The van der Waals surface area contributed by atoms with Crippen molar-refractivity contribution in [3.63, 3.8) is 0 Å². The predicted octanol–water partition coefficient (Wildman–Crippen LogP) is 26.7. The van der Waals surface area contributed by atoms with Gasteiger partial charge in [-0.2, -0.15) is 29.0 Å². The third kappa shape index (κ3) is 41.3. The third-order valence-electron chi connectivity index (χ3n) is 19.8. The average Bonchev–Trinajstić information content (AvgIpc) is 1.79. The molecule has 11 rings (SSSR count). The summed E-state index contributed by atoms with van der Waals surface area (Å²) in [5.74, 6) is 1.21. The standard InChI is InChI=1S/C11H13N3.C11H14O3.4C11H14O2.C11H16.C10H15NO3S.C10H14O.C10H14/c1-8(2)9-5-3-4-6-10(9)11-7-12-14-13-11;1-7(2)9-5-4-8(14-3)6-10(9)11(12)13;4*1-7(2)9-5-4-8(3)6-10(9)11(12)13;1-9(2)8-11-7-5-4-6-10(11)3;1-8(2)7-9-5-3-4-6-10(9)14-15(11,12)13;1-8(2)7-9-5-3-4-6-10(9)11;1-8(2)10-7-5-4-6-9(10)3/h3-8H,1-2H3,(H,12,13,14);4-7H,1-3H3,(H,12,13);4*4-7H,1-3H3,(H,12,13);4-7,9H,8H2,1-3H3;3-6,8H,7H2,1-2H3,(H2,11,12,13);3-6,8,11H,7H2,1-2H3;4-8H,1-3H3. The van der Waals surface area contributed by atoms with Crippen molar-refractivity contribution in [3.05, 3.63) is 335 Å². The number of nitrogens with one attached hydrogen (secondary N) is 1. The number of aromatic carboxylic acids is 5. The Morgan fingerprint density at radius 1 is 0.354 bits per heavy atom. The number of nitrogens with zero attached hydrogens (tertiary/aromatic N) is 2. The van der Waals surface area contributed by atoms with E-state index in [1.807, 2.05) is 196 Å². The number of carboxylic acid groups (broad SMARTS) is 5. The number of ether oxygens (including phenoxy) is 1. The largest absolute Gasteiger partial charge is 0.508 e. The molecular weight excluding hydrogens is 1610 g/mol. The summed E-state index contributed by atoms with van der Waals surface area (Å²) in [6.07, 6.45) is 4.66. The number of rotatable bonds is 22. The molecule has 11 aromatic rings. The van der Waals surface area contributed by atoms with Gasteiger partial charge in [0.05, 0.1) is 41.1 Å². The first-order valence-electron chi connectivity index (χ1n) is 43.3. The van der Waals surface area contributed by atoms with E-state index >= 15 is 0 Å². The molecule has 0 aliphatic carbocycles. The van der Waals surface area contributed by atoms with Gasteiger partial charge in [-0.25, -0.2) is 24.0 Å². The Kier molecular flexibility index (Phi) is 49.1. The Bertz CT molecular complexity index is 5010. The van der Waals surface area contributed by atoms with Crippen LogP contribution in [0, 0.1) is 59.3 Å². The molecule has 0 aliphatic rings. The Morgan fingerprint density at radius 3 is 0.969 bits per heavy atom. The number of benzene rings is 10.